The van der Waals surface area contributed by atoms with Crippen molar-refractivity contribution in [1.29, 1.82) is 0 Å². The topological polar surface area (TPSA) is 223 Å². The smallest absolute Gasteiger partial charge is 0.493 e. The molecule has 0 unspecified atom stereocenters. The summed E-state index contributed by atoms with van der Waals surface area (Å²) in [6.07, 6.45) is 0. The lowest BCUT2D eigenvalue weighted by Crippen LogP contribution is -2.42. The van der Waals surface area contributed by atoms with Crippen LogP contribution in [0.4, 0.5) is 68.2 Å². The largest absolute Gasteiger partial charge is 0.615 e. The van der Waals surface area contributed by atoms with Crippen molar-refractivity contribution in [3.05, 3.63) is 180 Å². The fourth-order valence-electron chi connectivity index (χ4n) is 16.3. The number of fused-ring (bicyclic) bond motifs is 6. The predicted molar refractivity (Wildman–Crippen MR) is 384 cm³/mol. The van der Waals surface area contributed by atoms with Crippen molar-refractivity contribution in [2.45, 2.75) is 0 Å². The summed E-state index contributed by atoms with van der Waals surface area (Å²) in [5, 5.41) is 67.1. The van der Waals surface area contributed by atoms with Crippen LogP contribution < -0.4 is 62.7 Å². The van der Waals surface area contributed by atoms with E-state index >= 15 is 0 Å². The molecule has 0 bridgehead atoms. The molecule has 0 amide bonds. The standard InChI is InChI=1S/C69H39B6N12O6/c88-67(91-73-82-49-19-7-37-31-1-13-43-61-44(77-70-76-43)14-2-32(55(31)61)38-8-20-50(83-73)64(49)58(37)38)28-25-29(68(89)92-74-84-51-21-9-39-33-3-15-45-62-46(79-71-78-45)16-4-34(56(33)62)40-10-22-52(85-74)65(51)59(39)40)27-30(26-28)69(90)93-75-86-53-23-11-41-35-5-17-47-63-48(81-72-80-47)18-6-36(57(35)63)42-12-24-54(87-75)66(53)60(41)42/h1-27,76-87H. The minimum absolute atomic E-state index is 0.0898. The van der Waals surface area contributed by atoms with Crippen LogP contribution in [0.3, 0.4) is 0 Å². The minimum atomic E-state index is -1.06. The van der Waals surface area contributed by atoms with Gasteiger partial charge >= 0.3 is 62.1 Å². The third kappa shape index (κ3) is 6.64. The van der Waals surface area contributed by atoms with Crippen LogP contribution in [0.15, 0.2) is 164 Å². The summed E-state index contributed by atoms with van der Waals surface area (Å²) >= 11 is 0. The van der Waals surface area contributed by atoms with Crippen LogP contribution in [0.5, 0.6) is 0 Å². The third-order valence-electron chi connectivity index (χ3n) is 20.1. The first kappa shape index (κ1) is 49.7. The quantitative estimate of drug-likeness (QED) is 0.0423. The lowest BCUT2D eigenvalue weighted by Gasteiger charge is -2.28. The van der Waals surface area contributed by atoms with Gasteiger partial charge in [0.15, 0.2) is 0 Å². The van der Waals surface area contributed by atoms with Gasteiger partial charge in [0.1, 0.15) is 0 Å². The summed E-state index contributed by atoms with van der Waals surface area (Å²) in [5.41, 5.74) is 10.6. The number of carbonyl (C=O) groups excluding carboxylic acids is 3. The van der Waals surface area contributed by atoms with Crippen LogP contribution in [-0.2, 0) is 14.0 Å². The molecule has 429 valence electrons. The normalized spacial score (nSPS) is 14.5. The second-order valence-corrected chi connectivity index (χ2v) is 24.7. The molecule has 0 atom stereocenters. The van der Waals surface area contributed by atoms with E-state index in [1.165, 1.54) is 34.4 Å². The molecular formula is C69H39B6N12O6. The molecule has 6 aliphatic rings. The van der Waals surface area contributed by atoms with Gasteiger partial charge in [-0.1, -0.05) is 72.8 Å². The molecule has 3 radical (unpaired) electrons. The van der Waals surface area contributed by atoms with E-state index in [0.717, 1.165) is 181 Å². The minimum Gasteiger partial charge on any atom is -0.493 e. The highest BCUT2D eigenvalue weighted by molar-refractivity contribution is 6.66. The van der Waals surface area contributed by atoms with Crippen LogP contribution in [-0.4, -0.2) is 62.1 Å². The fraction of sp³-hybridized carbons (Fsp3) is 0. The molecule has 6 aliphatic heterocycles. The van der Waals surface area contributed by atoms with Gasteiger partial charge < -0.3 is 76.7 Å². The van der Waals surface area contributed by atoms with E-state index in [1.54, 1.807) is 0 Å². The Bertz CT molecular complexity index is 5340. The summed E-state index contributed by atoms with van der Waals surface area (Å²) in [6.45, 7) is 0. The monoisotopic (exact) mass is 1200 g/mol. The van der Waals surface area contributed by atoms with Gasteiger partial charge in [-0.2, -0.15) is 0 Å². The Kier molecular flexibility index (Phi) is 9.40. The van der Waals surface area contributed by atoms with Crippen molar-refractivity contribution in [1.82, 2.24) is 0 Å². The summed E-state index contributed by atoms with van der Waals surface area (Å²) in [4.78, 5) is 44.5. The van der Waals surface area contributed by atoms with E-state index in [-0.39, 0.29) is 16.7 Å². The van der Waals surface area contributed by atoms with E-state index in [0.29, 0.717) is 0 Å². The molecule has 6 heterocycles. The van der Waals surface area contributed by atoms with Crippen molar-refractivity contribution in [3.8, 4) is 0 Å². The average Bonchev–Trinajstić information content (AvgIpc) is 0.740. The highest BCUT2D eigenvalue weighted by Crippen LogP contribution is 2.53. The van der Waals surface area contributed by atoms with Crippen LogP contribution in [0, 0.1) is 0 Å². The van der Waals surface area contributed by atoms with Crippen molar-refractivity contribution in [3.63, 3.8) is 0 Å². The SMILES string of the molecule is O=C(OB1Nc2ccc3c4ccc5c6c(ccc(c7ccc(c2c37)N1)c64)N[B]N5)c1cc(C(=O)OB2Nc3ccc4c5ccc6c7c(ccc(c8ccc(c3c48)N2)c75)N[B]N6)cc(C(=O)OB2Nc3ccc4c5ccc6c7c(ccc(c8ccc(c3c48)N2)c75)N[B]N6)c1. The van der Waals surface area contributed by atoms with Gasteiger partial charge in [-0.15, -0.1) is 0 Å². The van der Waals surface area contributed by atoms with Crippen molar-refractivity contribution in [2.24, 2.45) is 0 Å². The van der Waals surface area contributed by atoms with Crippen molar-refractivity contribution < 1.29 is 28.3 Å². The highest BCUT2D eigenvalue weighted by atomic mass is 16.5. The van der Waals surface area contributed by atoms with Gasteiger partial charge in [0.25, 0.3) is 0 Å². The first-order valence-electron chi connectivity index (χ1n) is 30.8. The number of carbonyl (C=O) groups is 3. The zero-order valence-corrected chi connectivity index (χ0v) is 48.5. The summed E-state index contributed by atoms with van der Waals surface area (Å²) in [7, 11) is 2.38. The number of rotatable bonds is 6. The van der Waals surface area contributed by atoms with E-state index in [4.69, 9.17) is 14.0 Å². The van der Waals surface area contributed by atoms with E-state index in [9.17, 15) is 14.4 Å². The Hall–Kier alpha value is -12.2. The Balaban J connectivity index is 0.595. The van der Waals surface area contributed by atoms with Gasteiger partial charge in [0.2, 0.25) is 0 Å². The fourth-order valence-corrected chi connectivity index (χ4v) is 16.3. The summed E-state index contributed by atoms with van der Waals surface area (Å²) in [5.74, 6) is -2.47. The van der Waals surface area contributed by atoms with Crippen LogP contribution in [0.1, 0.15) is 31.1 Å². The van der Waals surface area contributed by atoms with Gasteiger partial charge in [-0.05, 0) is 156 Å². The Morgan fingerprint density at radius 3 is 0.570 bits per heavy atom. The molecular weight excluding hydrogens is 1160 g/mol. The molecule has 0 aliphatic carbocycles. The zero-order valence-electron chi connectivity index (χ0n) is 48.5. The maximum atomic E-state index is 14.8. The van der Waals surface area contributed by atoms with E-state index < -0.39 is 39.5 Å². The molecule has 18 nitrogen and oxygen atoms in total. The van der Waals surface area contributed by atoms with Gasteiger partial charge in [0, 0.05) is 133 Å². The molecule has 16 aromatic carbocycles. The number of anilines is 12. The molecule has 22 rings (SSSR count). The Labute approximate surface area is 528 Å². The van der Waals surface area contributed by atoms with Gasteiger partial charge in [-0.3, -0.25) is 0 Å². The molecule has 0 spiro atoms. The average molecular weight is 1200 g/mol. The van der Waals surface area contributed by atoms with Crippen molar-refractivity contribution in [2.75, 3.05) is 62.7 Å². The number of hydrogen-bond donors (Lipinski definition) is 12. The van der Waals surface area contributed by atoms with Crippen molar-refractivity contribution >= 4 is 260 Å². The van der Waals surface area contributed by atoms with E-state index in [1.807, 2.05) is 59.0 Å². The lowest BCUT2D eigenvalue weighted by molar-refractivity contribution is 0.0734. The molecule has 16 aromatic rings. The second-order valence-electron chi connectivity index (χ2n) is 24.7. The summed E-state index contributed by atoms with van der Waals surface area (Å²) in [6, 6.07) is 54.6. The first-order valence-corrected chi connectivity index (χ1v) is 30.8. The lowest BCUT2D eigenvalue weighted by atomic mass is 9.84. The van der Waals surface area contributed by atoms with Crippen LogP contribution in [0.2, 0.25) is 0 Å². The molecule has 12 N–H and O–H groups in total. The maximum Gasteiger partial charge on any atom is 0.615 e. The molecule has 0 aromatic heterocycles. The number of benzene rings is 16. The van der Waals surface area contributed by atoms with Gasteiger partial charge in [0.05, 0.1) is 16.7 Å². The number of nitrogens with one attached hydrogen (secondary N) is 12. The first-order chi connectivity index (χ1) is 45.8. The van der Waals surface area contributed by atoms with Crippen LogP contribution in [0.25, 0.3) is 129 Å². The zero-order chi connectivity index (χ0) is 60.8. The highest BCUT2D eigenvalue weighted by Gasteiger charge is 2.37. The molecule has 24 heteroatoms. The van der Waals surface area contributed by atoms with Gasteiger partial charge in [-0.25, -0.2) is 14.4 Å². The maximum absolute atomic E-state index is 14.8. The molecule has 93 heavy (non-hydrogen) atoms. The van der Waals surface area contributed by atoms with Crippen LogP contribution >= 0.6 is 0 Å². The van der Waals surface area contributed by atoms with E-state index in [2.05, 4.69) is 172 Å². The Morgan fingerprint density at radius 1 is 0.226 bits per heavy atom. The third-order valence-corrected chi connectivity index (χ3v) is 20.1. The number of hydrogen-bond acceptors (Lipinski definition) is 18. The molecule has 0 saturated carbocycles. The Morgan fingerprint density at radius 2 is 0.387 bits per heavy atom. The molecule has 0 fully saturated rings. The predicted octanol–water partition coefficient (Wildman–Crippen LogP) is 14.0. The summed E-state index contributed by atoms with van der Waals surface area (Å²) < 4.78 is 18.8. The second kappa shape index (κ2) is 17.6. The molecule has 0 saturated heterocycles.